The van der Waals surface area contributed by atoms with Crippen LogP contribution in [0.2, 0.25) is 5.02 Å². The Morgan fingerprint density at radius 2 is 2.12 bits per heavy atom. The summed E-state index contributed by atoms with van der Waals surface area (Å²) in [5.74, 6) is 2.13. The van der Waals surface area contributed by atoms with Crippen LogP contribution in [-0.4, -0.2) is 26.3 Å². The summed E-state index contributed by atoms with van der Waals surface area (Å²) in [5, 5.41) is 4.21. The van der Waals surface area contributed by atoms with E-state index in [4.69, 9.17) is 21.1 Å². The molecule has 1 N–H and O–H groups in total. The first kappa shape index (κ1) is 11.2. The van der Waals surface area contributed by atoms with Crippen LogP contribution in [0.1, 0.15) is 24.3 Å². The maximum Gasteiger partial charge on any atom is 0.166 e. The predicted octanol–water partition coefficient (Wildman–Crippen LogP) is 2.58. The molecule has 0 aliphatic carbocycles. The number of fused-ring (bicyclic) bond motifs is 1. The second-order valence-electron chi connectivity index (χ2n) is 4.53. The van der Waals surface area contributed by atoms with E-state index in [1.165, 1.54) is 6.42 Å². The number of rotatable bonds is 1. The minimum atomic E-state index is 0.438. The normalized spacial score (nSPS) is 23.5. The van der Waals surface area contributed by atoms with E-state index in [9.17, 15) is 0 Å². The molecule has 1 atom stereocenters. The summed E-state index contributed by atoms with van der Waals surface area (Å²) in [5.41, 5.74) is 1.12. The van der Waals surface area contributed by atoms with Crippen LogP contribution in [0.4, 0.5) is 0 Å². The Labute approximate surface area is 106 Å². The fourth-order valence-electron chi connectivity index (χ4n) is 2.59. The quantitative estimate of drug-likeness (QED) is 0.835. The molecule has 4 heteroatoms. The number of ether oxygens (including phenoxy) is 2. The molecule has 1 saturated heterocycles. The van der Waals surface area contributed by atoms with Crippen LogP contribution >= 0.6 is 11.6 Å². The standard InChI is InChI=1S/C13H16ClNO2/c14-10-3-4-11-13(17-7-6-16-11)12(10)9-2-1-5-15-8-9/h3-4,9,15H,1-2,5-8H2. The third kappa shape index (κ3) is 2.09. The molecule has 1 aromatic rings. The number of halogens is 1. The highest BCUT2D eigenvalue weighted by Gasteiger charge is 2.26. The average Bonchev–Trinajstić information content (AvgIpc) is 2.39. The van der Waals surface area contributed by atoms with Gasteiger partial charge in [0, 0.05) is 23.0 Å². The van der Waals surface area contributed by atoms with Crippen LogP contribution in [0.5, 0.6) is 11.5 Å². The Hall–Kier alpha value is -0.930. The summed E-state index contributed by atoms with van der Waals surface area (Å²) in [6, 6.07) is 3.82. The summed E-state index contributed by atoms with van der Waals surface area (Å²) in [7, 11) is 0. The number of piperidine rings is 1. The highest BCUT2D eigenvalue weighted by molar-refractivity contribution is 6.31. The molecular formula is C13H16ClNO2. The van der Waals surface area contributed by atoms with Gasteiger partial charge in [-0.15, -0.1) is 0 Å². The van der Waals surface area contributed by atoms with Gasteiger partial charge in [0.1, 0.15) is 13.2 Å². The van der Waals surface area contributed by atoms with Gasteiger partial charge in [0.25, 0.3) is 0 Å². The Morgan fingerprint density at radius 1 is 1.24 bits per heavy atom. The van der Waals surface area contributed by atoms with Crippen molar-refractivity contribution in [1.82, 2.24) is 5.32 Å². The second kappa shape index (κ2) is 4.75. The van der Waals surface area contributed by atoms with Gasteiger partial charge < -0.3 is 14.8 Å². The van der Waals surface area contributed by atoms with Gasteiger partial charge in [0.2, 0.25) is 0 Å². The molecule has 2 aliphatic heterocycles. The molecule has 3 rings (SSSR count). The van der Waals surface area contributed by atoms with E-state index >= 15 is 0 Å². The molecule has 3 nitrogen and oxygen atoms in total. The van der Waals surface area contributed by atoms with Crippen molar-refractivity contribution in [2.24, 2.45) is 0 Å². The van der Waals surface area contributed by atoms with E-state index in [-0.39, 0.29) is 0 Å². The van der Waals surface area contributed by atoms with E-state index in [0.29, 0.717) is 19.1 Å². The van der Waals surface area contributed by atoms with E-state index in [2.05, 4.69) is 5.32 Å². The van der Waals surface area contributed by atoms with Crippen molar-refractivity contribution in [1.29, 1.82) is 0 Å². The lowest BCUT2D eigenvalue weighted by Crippen LogP contribution is -2.29. The van der Waals surface area contributed by atoms with Crippen molar-refractivity contribution in [2.75, 3.05) is 26.3 Å². The lowest BCUT2D eigenvalue weighted by Gasteiger charge is -2.28. The third-order valence-electron chi connectivity index (χ3n) is 3.40. The van der Waals surface area contributed by atoms with Gasteiger partial charge in [-0.05, 0) is 31.5 Å². The SMILES string of the molecule is Clc1ccc2c(c1C1CCCNC1)OCCO2. The Balaban J connectivity index is 2.01. The molecule has 0 radical (unpaired) electrons. The summed E-state index contributed by atoms with van der Waals surface area (Å²) < 4.78 is 11.4. The number of hydrogen-bond acceptors (Lipinski definition) is 3. The van der Waals surface area contributed by atoms with E-state index in [1.807, 2.05) is 12.1 Å². The highest BCUT2D eigenvalue weighted by atomic mass is 35.5. The molecule has 0 aromatic heterocycles. The second-order valence-corrected chi connectivity index (χ2v) is 4.94. The van der Waals surface area contributed by atoms with Crippen LogP contribution in [-0.2, 0) is 0 Å². The summed E-state index contributed by atoms with van der Waals surface area (Å²) in [6.45, 7) is 3.30. The molecule has 0 amide bonds. The number of benzene rings is 1. The van der Waals surface area contributed by atoms with Crippen LogP contribution < -0.4 is 14.8 Å². The molecule has 1 unspecified atom stereocenters. The molecule has 0 spiro atoms. The monoisotopic (exact) mass is 253 g/mol. The molecule has 2 heterocycles. The molecule has 1 fully saturated rings. The maximum atomic E-state index is 6.33. The van der Waals surface area contributed by atoms with E-state index < -0.39 is 0 Å². The van der Waals surface area contributed by atoms with Crippen molar-refractivity contribution in [3.05, 3.63) is 22.7 Å². The molecular weight excluding hydrogens is 238 g/mol. The first-order chi connectivity index (χ1) is 8.36. The highest BCUT2D eigenvalue weighted by Crippen LogP contribution is 2.43. The van der Waals surface area contributed by atoms with Gasteiger partial charge in [-0.2, -0.15) is 0 Å². The zero-order valence-corrected chi connectivity index (χ0v) is 10.4. The van der Waals surface area contributed by atoms with Crippen LogP contribution in [0, 0.1) is 0 Å². The first-order valence-corrected chi connectivity index (χ1v) is 6.53. The van der Waals surface area contributed by atoms with E-state index in [0.717, 1.165) is 41.6 Å². The summed E-state index contributed by atoms with van der Waals surface area (Å²) in [4.78, 5) is 0. The molecule has 0 saturated carbocycles. The van der Waals surface area contributed by atoms with Gasteiger partial charge in [-0.3, -0.25) is 0 Å². The molecule has 2 aliphatic rings. The van der Waals surface area contributed by atoms with Crippen LogP contribution in [0.15, 0.2) is 12.1 Å². The largest absolute Gasteiger partial charge is 0.486 e. The van der Waals surface area contributed by atoms with Crippen molar-refractivity contribution < 1.29 is 9.47 Å². The first-order valence-electron chi connectivity index (χ1n) is 6.15. The zero-order valence-electron chi connectivity index (χ0n) is 9.67. The number of hydrogen-bond donors (Lipinski definition) is 1. The average molecular weight is 254 g/mol. The zero-order chi connectivity index (χ0) is 11.7. The van der Waals surface area contributed by atoms with Crippen molar-refractivity contribution in [3.8, 4) is 11.5 Å². The smallest absolute Gasteiger partial charge is 0.166 e. The van der Waals surface area contributed by atoms with E-state index in [1.54, 1.807) is 0 Å². The molecule has 0 bridgehead atoms. The lowest BCUT2D eigenvalue weighted by atomic mass is 9.90. The molecule has 17 heavy (non-hydrogen) atoms. The van der Waals surface area contributed by atoms with Crippen LogP contribution in [0.25, 0.3) is 0 Å². The Morgan fingerprint density at radius 3 is 2.94 bits per heavy atom. The topological polar surface area (TPSA) is 30.5 Å². The van der Waals surface area contributed by atoms with Gasteiger partial charge in [-0.1, -0.05) is 11.6 Å². The van der Waals surface area contributed by atoms with Gasteiger partial charge in [-0.25, -0.2) is 0 Å². The van der Waals surface area contributed by atoms with Crippen LogP contribution in [0.3, 0.4) is 0 Å². The van der Waals surface area contributed by atoms with Gasteiger partial charge >= 0.3 is 0 Å². The summed E-state index contributed by atoms with van der Waals surface area (Å²) >= 11 is 6.33. The lowest BCUT2D eigenvalue weighted by molar-refractivity contribution is 0.168. The minimum Gasteiger partial charge on any atom is -0.486 e. The predicted molar refractivity (Wildman–Crippen MR) is 67.3 cm³/mol. The van der Waals surface area contributed by atoms with Gasteiger partial charge in [0.05, 0.1) is 0 Å². The molecule has 92 valence electrons. The fourth-order valence-corrected chi connectivity index (χ4v) is 2.90. The van der Waals surface area contributed by atoms with Crippen molar-refractivity contribution >= 4 is 11.6 Å². The Kier molecular flexibility index (Phi) is 3.12. The maximum absolute atomic E-state index is 6.33. The third-order valence-corrected chi connectivity index (χ3v) is 3.73. The number of nitrogens with one attached hydrogen (secondary N) is 1. The fraction of sp³-hybridized carbons (Fsp3) is 0.538. The van der Waals surface area contributed by atoms with Crippen molar-refractivity contribution in [2.45, 2.75) is 18.8 Å². The minimum absolute atomic E-state index is 0.438. The van der Waals surface area contributed by atoms with Crippen molar-refractivity contribution in [3.63, 3.8) is 0 Å². The molecule has 1 aromatic carbocycles. The Bertz CT molecular complexity index is 416. The van der Waals surface area contributed by atoms with Gasteiger partial charge in [0.15, 0.2) is 11.5 Å². The summed E-state index contributed by atoms with van der Waals surface area (Å²) in [6.07, 6.45) is 2.35.